The van der Waals surface area contributed by atoms with Crippen molar-refractivity contribution in [3.8, 4) is 5.75 Å². The van der Waals surface area contributed by atoms with Crippen LogP contribution in [0.5, 0.6) is 5.75 Å². The summed E-state index contributed by atoms with van der Waals surface area (Å²) in [6.45, 7) is 6.48. The minimum atomic E-state index is 0.701. The van der Waals surface area contributed by atoms with Gasteiger partial charge in [-0.05, 0) is 37.3 Å². The SMILES string of the molecule is CCCCC(CC)COc1cccc2c1CCCN2. The summed E-state index contributed by atoms with van der Waals surface area (Å²) >= 11 is 0. The Morgan fingerprint density at radius 1 is 1.32 bits per heavy atom. The van der Waals surface area contributed by atoms with Gasteiger partial charge in [0.2, 0.25) is 0 Å². The van der Waals surface area contributed by atoms with Crippen LogP contribution < -0.4 is 10.1 Å². The zero-order valence-electron chi connectivity index (χ0n) is 12.4. The van der Waals surface area contributed by atoms with Gasteiger partial charge in [0.1, 0.15) is 5.75 Å². The molecule has 1 aromatic rings. The lowest BCUT2D eigenvalue weighted by molar-refractivity contribution is 0.231. The topological polar surface area (TPSA) is 21.3 Å². The van der Waals surface area contributed by atoms with Gasteiger partial charge in [0.05, 0.1) is 6.61 Å². The highest BCUT2D eigenvalue weighted by Crippen LogP contribution is 2.31. The molecule has 0 aliphatic carbocycles. The lowest BCUT2D eigenvalue weighted by atomic mass is 10.00. The Morgan fingerprint density at radius 3 is 3.00 bits per heavy atom. The highest BCUT2D eigenvalue weighted by molar-refractivity contribution is 5.59. The Hall–Kier alpha value is -1.18. The minimum absolute atomic E-state index is 0.701. The van der Waals surface area contributed by atoms with Crippen molar-refractivity contribution in [2.24, 2.45) is 5.92 Å². The van der Waals surface area contributed by atoms with Crippen LogP contribution in [0.4, 0.5) is 5.69 Å². The van der Waals surface area contributed by atoms with Crippen LogP contribution in [0.15, 0.2) is 18.2 Å². The summed E-state index contributed by atoms with van der Waals surface area (Å²) in [5.74, 6) is 1.80. The molecular formula is C17H27NO. The molecule has 19 heavy (non-hydrogen) atoms. The van der Waals surface area contributed by atoms with Crippen LogP contribution in [0.2, 0.25) is 0 Å². The molecule has 0 bridgehead atoms. The molecule has 0 fully saturated rings. The van der Waals surface area contributed by atoms with Crippen molar-refractivity contribution in [3.63, 3.8) is 0 Å². The predicted octanol–water partition coefficient (Wildman–Crippen LogP) is 4.64. The standard InChI is InChI=1S/C17H27NO/c1-3-5-8-14(4-2)13-19-17-11-6-10-16-15(17)9-7-12-18-16/h6,10-11,14,18H,3-5,7-9,12-13H2,1-2H3. The second-order valence-corrected chi connectivity index (χ2v) is 5.54. The maximum absolute atomic E-state index is 6.11. The Kier molecular flexibility index (Phi) is 5.56. The quantitative estimate of drug-likeness (QED) is 0.772. The Bertz CT molecular complexity index is 389. The van der Waals surface area contributed by atoms with Crippen LogP contribution >= 0.6 is 0 Å². The van der Waals surface area contributed by atoms with E-state index in [0.29, 0.717) is 5.92 Å². The molecule has 2 nitrogen and oxygen atoms in total. The summed E-state index contributed by atoms with van der Waals surface area (Å²) < 4.78 is 6.11. The summed E-state index contributed by atoms with van der Waals surface area (Å²) in [4.78, 5) is 0. The summed E-state index contributed by atoms with van der Waals surface area (Å²) in [5.41, 5.74) is 2.64. The summed E-state index contributed by atoms with van der Waals surface area (Å²) in [6.07, 6.45) is 7.45. The van der Waals surface area contributed by atoms with E-state index in [1.807, 2.05) is 0 Å². The van der Waals surface area contributed by atoms with Gasteiger partial charge in [0.25, 0.3) is 0 Å². The third-order valence-electron chi connectivity index (χ3n) is 4.07. The Balaban J connectivity index is 1.95. The first-order valence-corrected chi connectivity index (χ1v) is 7.83. The molecule has 0 radical (unpaired) electrons. The van der Waals surface area contributed by atoms with E-state index in [0.717, 1.165) is 25.3 Å². The third kappa shape index (κ3) is 3.89. The summed E-state index contributed by atoms with van der Waals surface area (Å²) in [6, 6.07) is 6.38. The monoisotopic (exact) mass is 261 g/mol. The molecule has 0 saturated carbocycles. The molecule has 1 heterocycles. The maximum Gasteiger partial charge on any atom is 0.124 e. The van der Waals surface area contributed by atoms with Gasteiger partial charge in [-0.15, -0.1) is 0 Å². The fourth-order valence-electron chi connectivity index (χ4n) is 2.72. The van der Waals surface area contributed by atoms with Gasteiger partial charge in [-0.3, -0.25) is 0 Å². The van der Waals surface area contributed by atoms with Crippen LogP contribution in [0, 0.1) is 5.92 Å². The second-order valence-electron chi connectivity index (χ2n) is 5.54. The zero-order valence-corrected chi connectivity index (χ0v) is 12.4. The number of anilines is 1. The largest absolute Gasteiger partial charge is 0.493 e. The molecule has 1 unspecified atom stereocenters. The van der Waals surface area contributed by atoms with E-state index >= 15 is 0 Å². The predicted molar refractivity (Wildman–Crippen MR) is 82.1 cm³/mol. The van der Waals surface area contributed by atoms with E-state index in [1.165, 1.54) is 43.4 Å². The van der Waals surface area contributed by atoms with Crippen molar-refractivity contribution in [1.29, 1.82) is 0 Å². The normalized spacial score (nSPS) is 15.5. The van der Waals surface area contributed by atoms with Crippen LogP contribution in [0.3, 0.4) is 0 Å². The van der Waals surface area contributed by atoms with Crippen LogP contribution in [-0.4, -0.2) is 13.2 Å². The van der Waals surface area contributed by atoms with Gasteiger partial charge in [0.15, 0.2) is 0 Å². The first kappa shape index (κ1) is 14.2. The second kappa shape index (κ2) is 7.42. The number of ether oxygens (including phenoxy) is 1. The van der Waals surface area contributed by atoms with E-state index in [9.17, 15) is 0 Å². The van der Waals surface area contributed by atoms with E-state index in [1.54, 1.807) is 0 Å². The van der Waals surface area contributed by atoms with Crippen molar-refractivity contribution in [3.05, 3.63) is 23.8 Å². The van der Waals surface area contributed by atoms with Gasteiger partial charge >= 0.3 is 0 Å². The van der Waals surface area contributed by atoms with Gasteiger partial charge in [0, 0.05) is 17.8 Å². The lowest BCUT2D eigenvalue weighted by Gasteiger charge is -2.22. The molecule has 1 aromatic carbocycles. The molecule has 1 N–H and O–H groups in total. The van der Waals surface area contributed by atoms with Crippen molar-refractivity contribution in [1.82, 2.24) is 0 Å². The molecule has 1 aliphatic heterocycles. The van der Waals surface area contributed by atoms with E-state index < -0.39 is 0 Å². The van der Waals surface area contributed by atoms with E-state index in [2.05, 4.69) is 37.4 Å². The minimum Gasteiger partial charge on any atom is -0.493 e. The number of benzene rings is 1. The lowest BCUT2D eigenvalue weighted by Crippen LogP contribution is -2.15. The van der Waals surface area contributed by atoms with E-state index in [-0.39, 0.29) is 0 Å². The fourth-order valence-corrected chi connectivity index (χ4v) is 2.72. The number of rotatable bonds is 7. The molecule has 2 heteroatoms. The van der Waals surface area contributed by atoms with Gasteiger partial charge < -0.3 is 10.1 Å². The molecule has 2 rings (SSSR count). The number of unbranched alkanes of at least 4 members (excludes halogenated alkanes) is 1. The van der Waals surface area contributed by atoms with Gasteiger partial charge in [-0.25, -0.2) is 0 Å². The number of fused-ring (bicyclic) bond motifs is 1. The van der Waals surface area contributed by atoms with Gasteiger partial charge in [-0.1, -0.05) is 39.2 Å². The first-order chi connectivity index (χ1) is 9.35. The van der Waals surface area contributed by atoms with Crippen molar-refractivity contribution in [2.75, 3.05) is 18.5 Å². The van der Waals surface area contributed by atoms with Crippen molar-refractivity contribution >= 4 is 5.69 Å². The summed E-state index contributed by atoms with van der Waals surface area (Å²) in [7, 11) is 0. The molecule has 0 saturated heterocycles. The molecular weight excluding hydrogens is 234 g/mol. The van der Waals surface area contributed by atoms with Crippen LogP contribution in [-0.2, 0) is 6.42 Å². The molecule has 0 aromatic heterocycles. The maximum atomic E-state index is 6.11. The number of hydrogen-bond donors (Lipinski definition) is 1. The Labute approximate surface area is 117 Å². The molecule has 1 atom stereocenters. The first-order valence-electron chi connectivity index (χ1n) is 7.83. The Morgan fingerprint density at radius 2 is 2.21 bits per heavy atom. The molecule has 0 amide bonds. The van der Waals surface area contributed by atoms with Crippen molar-refractivity contribution in [2.45, 2.75) is 52.4 Å². The van der Waals surface area contributed by atoms with Crippen molar-refractivity contribution < 1.29 is 4.74 Å². The third-order valence-corrected chi connectivity index (χ3v) is 4.07. The highest BCUT2D eigenvalue weighted by Gasteiger charge is 2.14. The smallest absolute Gasteiger partial charge is 0.124 e. The molecule has 0 spiro atoms. The fraction of sp³-hybridized carbons (Fsp3) is 0.647. The molecule has 106 valence electrons. The van der Waals surface area contributed by atoms with Crippen LogP contribution in [0.1, 0.15) is 51.5 Å². The highest BCUT2D eigenvalue weighted by atomic mass is 16.5. The van der Waals surface area contributed by atoms with Crippen LogP contribution in [0.25, 0.3) is 0 Å². The number of hydrogen-bond acceptors (Lipinski definition) is 2. The zero-order chi connectivity index (χ0) is 13.5. The molecule has 1 aliphatic rings. The average Bonchev–Trinajstić information content (AvgIpc) is 2.47. The van der Waals surface area contributed by atoms with Gasteiger partial charge in [-0.2, -0.15) is 0 Å². The van der Waals surface area contributed by atoms with E-state index in [4.69, 9.17) is 4.74 Å². The summed E-state index contributed by atoms with van der Waals surface area (Å²) in [5, 5.41) is 3.46. The number of nitrogens with one attached hydrogen (secondary N) is 1. The average molecular weight is 261 g/mol.